The zero-order valence-electron chi connectivity index (χ0n) is 40.0. The maximum absolute atomic E-state index is 2.69. The van der Waals surface area contributed by atoms with Crippen LogP contribution < -0.4 is 0 Å². The minimum absolute atomic E-state index is 0.131. The minimum Gasteiger partial charge on any atom is -0.0980 e. The highest BCUT2D eigenvalue weighted by atomic mass is 31.1. The number of rotatable bonds is 48. The molecule has 0 aliphatic carbocycles. The summed E-state index contributed by atoms with van der Waals surface area (Å²) in [7, 11) is 0.131. The van der Waals surface area contributed by atoms with E-state index < -0.39 is 0 Å². The summed E-state index contributed by atoms with van der Waals surface area (Å²) in [5, 5.41) is 0. The Morgan fingerprint density at radius 3 is 0.473 bits per heavy atom. The third-order valence-corrected chi connectivity index (χ3v) is 17.3. The Bertz CT molecular complexity index is 582. The van der Waals surface area contributed by atoms with Crippen LogP contribution in [0.3, 0.4) is 0 Å². The van der Waals surface area contributed by atoms with Crippen molar-refractivity contribution in [2.75, 3.05) is 0 Å². The standard InChI is InChI=1S/C54H111P/c1-7-10-13-16-19-22-25-28-31-34-37-40-43-46-49-52(4)55(53(5)50-47-44-41-38-35-32-29-26-23-20-17-14-11-8-2)54(6)51-48-45-42-39-36-33-30-27-24-21-18-15-12-9-3/h52-54H,7-51H2,1-6H3. The van der Waals surface area contributed by atoms with E-state index in [-0.39, 0.29) is 7.92 Å². The SMILES string of the molecule is CCCCCCCCCCCCCCCCC(C)P(C(C)CCCCCCCCCCCCCCCC)C(C)CCCCCCCCCCCCCCCC. The first-order valence-electron chi connectivity index (χ1n) is 26.9. The average molecular weight is 791 g/mol. The van der Waals surface area contributed by atoms with Crippen LogP contribution in [0.25, 0.3) is 0 Å². The molecule has 3 atom stereocenters. The molecule has 0 heterocycles. The maximum Gasteiger partial charge on any atom is -0.0233 e. The topological polar surface area (TPSA) is 0 Å². The van der Waals surface area contributed by atoms with Gasteiger partial charge >= 0.3 is 0 Å². The molecule has 3 unspecified atom stereocenters. The van der Waals surface area contributed by atoms with Gasteiger partial charge in [0.05, 0.1) is 0 Å². The predicted octanol–water partition coefficient (Wildman–Crippen LogP) is 21.2. The summed E-state index contributed by atoms with van der Waals surface area (Å²) < 4.78 is 0. The lowest BCUT2D eigenvalue weighted by Gasteiger charge is -2.36. The molecule has 0 aromatic carbocycles. The molecule has 0 bridgehead atoms. The fraction of sp³-hybridized carbons (Fsp3) is 1.00. The van der Waals surface area contributed by atoms with Crippen LogP contribution in [0.5, 0.6) is 0 Å². The van der Waals surface area contributed by atoms with E-state index in [0.29, 0.717) is 0 Å². The highest BCUT2D eigenvalue weighted by Crippen LogP contribution is 2.55. The van der Waals surface area contributed by atoms with Gasteiger partial charge in [-0.1, -0.05) is 319 Å². The van der Waals surface area contributed by atoms with Crippen LogP contribution in [0, 0.1) is 0 Å². The molecule has 0 fully saturated rings. The van der Waals surface area contributed by atoms with E-state index in [0.717, 1.165) is 17.0 Å². The molecule has 1 heteroatoms. The van der Waals surface area contributed by atoms with Crippen LogP contribution in [-0.4, -0.2) is 17.0 Å². The first kappa shape index (κ1) is 55.4. The Hall–Kier alpha value is 0.430. The summed E-state index contributed by atoms with van der Waals surface area (Å²) >= 11 is 0. The van der Waals surface area contributed by atoms with Crippen molar-refractivity contribution in [2.24, 2.45) is 0 Å². The Morgan fingerprint density at radius 1 is 0.200 bits per heavy atom. The molecule has 0 aromatic heterocycles. The highest BCUT2D eigenvalue weighted by Gasteiger charge is 2.27. The Kier molecular flexibility index (Phi) is 47.5. The average Bonchev–Trinajstić information content (AvgIpc) is 3.18. The van der Waals surface area contributed by atoms with Crippen LogP contribution in [-0.2, 0) is 0 Å². The second-order valence-corrected chi connectivity index (χ2v) is 22.7. The molecular formula is C54H111P. The molecular weight excluding hydrogens is 680 g/mol. The van der Waals surface area contributed by atoms with E-state index in [1.54, 1.807) is 0 Å². The molecule has 0 saturated carbocycles. The van der Waals surface area contributed by atoms with Gasteiger partial charge in [-0.05, 0) is 36.2 Å². The largest absolute Gasteiger partial charge is 0.0980 e. The Balaban J connectivity index is 4.34. The van der Waals surface area contributed by atoms with Gasteiger partial charge in [-0.15, -0.1) is 0 Å². The van der Waals surface area contributed by atoms with Gasteiger partial charge < -0.3 is 0 Å². The van der Waals surface area contributed by atoms with Gasteiger partial charge in [-0.3, -0.25) is 0 Å². The van der Waals surface area contributed by atoms with Crippen molar-refractivity contribution in [3.05, 3.63) is 0 Å². The monoisotopic (exact) mass is 791 g/mol. The van der Waals surface area contributed by atoms with Crippen LogP contribution in [0.15, 0.2) is 0 Å². The lowest BCUT2D eigenvalue weighted by atomic mass is 10.0. The second kappa shape index (κ2) is 47.1. The van der Waals surface area contributed by atoms with E-state index in [4.69, 9.17) is 0 Å². The summed E-state index contributed by atoms with van der Waals surface area (Å²) in [6.07, 6.45) is 66.5. The van der Waals surface area contributed by atoms with Gasteiger partial charge in [-0.2, -0.15) is 0 Å². The van der Waals surface area contributed by atoms with Crippen molar-refractivity contribution in [2.45, 2.75) is 347 Å². The van der Waals surface area contributed by atoms with Gasteiger partial charge in [0, 0.05) is 0 Å². The molecule has 0 spiro atoms. The molecule has 0 aliphatic heterocycles. The van der Waals surface area contributed by atoms with Gasteiger partial charge in [-0.25, -0.2) is 0 Å². The molecule has 0 rings (SSSR count). The van der Waals surface area contributed by atoms with Gasteiger partial charge in [0.25, 0.3) is 0 Å². The summed E-state index contributed by atoms with van der Waals surface area (Å²) in [6.45, 7) is 15.0. The zero-order valence-corrected chi connectivity index (χ0v) is 40.9. The lowest BCUT2D eigenvalue weighted by molar-refractivity contribution is 0.527. The second-order valence-electron chi connectivity index (χ2n) is 19.1. The van der Waals surface area contributed by atoms with Crippen LogP contribution >= 0.6 is 7.92 Å². The minimum atomic E-state index is 0.131. The normalized spacial score (nSPS) is 14.1. The van der Waals surface area contributed by atoms with Gasteiger partial charge in [0.15, 0.2) is 0 Å². The van der Waals surface area contributed by atoms with Gasteiger partial charge in [0.1, 0.15) is 0 Å². The van der Waals surface area contributed by atoms with E-state index in [1.807, 2.05) is 0 Å². The van der Waals surface area contributed by atoms with Crippen molar-refractivity contribution < 1.29 is 0 Å². The molecule has 0 amide bonds. The predicted molar refractivity (Wildman–Crippen MR) is 260 cm³/mol. The smallest absolute Gasteiger partial charge is 0.0233 e. The van der Waals surface area contributed by atoms with Crippen molar-refractivity contribution >= 4 is 7.92 Å². The molecule has 0 N–H and O–H groups in total. The van der Waals surface area contributed by atoms with Crippen LogP contribution in [0.2, 0.25) is 0 Å². The Labute approximate surface area is 354 Å². The van der Waals surface area contributed by atoms with Crippen LogP contribution in [0.4, 0.5) is 0 Å². The van der Waals surface area contributed by atoms with Crippen molar-refractivity contribution in [1.29, 1.82) is 0 Å². The molecule has 0 aromatic rings. The number of hydrogen-bond acceptors (Lipinski definition) is 0. The van der Waals surface area contributed by atoms with E-state index in [9.17, 15) is 0 Å². The fourth-order valence-electron chi connectivity index (χ4n) is 9.65. The molecule has 0 saturated heterocycles. The van der Waals surface area contributed by atoms with Crippen molar-refractivity contribution in [1.82, 2.24) is 0 Å². The number of hydrogen-bond donors (Lipinski definition) is 0. The summed E-state index contributed by atoms with van der Waals surface area (Å²) in [5.74, 6) is 0. The Morgan fingerprint density at radius 2 is 0.327 bits per heavy atom. The van der Waals surface area contributed by atoms with Gasteiger partial charge in [0.2, 0.25) is 0 Å². The van der Waals surface area contributed by atoms with Crippen molar-refractivity contribution in [3.8, 4) is 0 Å². The molecule has 0 nitrogen and oxygen atoms in total. The molecule has 55 heavy (non-hydrogen) atoms. The van der Waals surface area contributed by atoms with Crippen molar-refractivity contribution in [3.63, 3.8) is 0 Å². The summed E-state index contributed by atoms with van der Waals surface area (Å²) in [6, 6.07) is 0. The van der Waals surface area contributed by atoms with E-state index in [1.165, 1.54) is 289 Å². The molecule has 332 valence electrons. The quantitative estimate of drug-likeness (QED) is 0.0425. The van der Waals surface area contributed by atoms with Crippen LogP contribution in [0.1, 0.15) is 330 Å². The maximum atomic E-state index is 2.69. The highest BCUT2D eigenvalue weighted by molar-refractivity contribution is 7.59. The third kappa shape index (κ3) is 41.0. The zero-order chi connectivity index (χ0) is 40.1. The first-order valence-corrected chi connectivity index (χ1v) is 28.4. The fourth-order valence-corrected chi connectivity index (χ4v) is 13.7. The third-order valence-electron chi connectivity index (χ3n) is 13.5. The van der Waals surface area contributed by atoms with E-state index in [2.05, 4.69) is 41.5 Å². The summed E-state index contributed by atoms with van der Waals surface area (Å²) in [4.78, 5) is 0. The summed E-state index contributed by atoms with van der Waals surface area (Å²) in [5.41, 5.74) is 2.90. The first-order chi connectivity index (χ1) is 27.1. The lowest BCUT2D eigenvalue weighted by Crippen LogP contribution is -2.18. The number of unbranched alkanes of at least 4 members (excludes halogenated alkanes) is 39. The molecule has 0 aliphatic rings. The van der Waals surface area contributed by atoms with E-state index >= 15 is 0 Å². The molecule has 0 radical (unpaired) electrons.